The summed E-state index contributed by atoms with van der Waals surface area (Å²) in [7, 11) is 3.69. The van der Waals surface area contributed by atoms with Crippen LogP contribution in [-0.4, -0.2) is 49.5 Å². The van der Waals surface area contributed by atoms with Crippen LogP contribution >= 0.6 is 0 Å². The Labute approximate surface area is 137 Å². The van der Waals surface area contributed by atoms with Crippen molar-refractivity contribution in [2.24, 2.45) is 0 Å². The molecule has 0 bridgehead atoms. The third-order valence-corrected chi connectivity index (χ3v) is 3.54. The second kappa shape index (κ2) is 8.39. The van der Waals surface area contributed by atoms with Crippen LogP contribution in [-0.2, 0) is 11.3 Å². The maximum Gasteiger partial charge on any atom is 0.236 e. The normalized spacial score (nSPS) is 10.8. The van der Waals surface area contributed by atoms with Gasteiger partial charge in [-0.3, -0.25) is 9.69 Å². The molecule has 5 heteroatoms. The summed E-state index contributed by atoms with van der Waals surface area (Å²) in [5.74, 6) is 1.70. The standard InChI is InChI=1S/C18H24N2O3/c1-15-6-4-7-16(12-15)23-11-9-19(2)14-18(21)20(3)13-17-8-5-10-22-17/h4-8,10,12H,9,11,13-14H2,1-3H3. The van der Waals surface area contributed by atoms with E-state index in [0.717, 1.165) is 11.5 Å². The number of furan rings is 1. The summed E-state index contributed by atoms with van der Waals surface area (Å²) < 4.78 is 11.0. The molecular formula is C18H24N2O3. The number of aryl methyl sites for hydroxylation is 1. The molecule has 0 N–H and O–H groups in total. The second-order valence-electron chi connectivity index (χ2n) is 5.73. The zero-order valence-corrected chi connectivity index (χ0v) is 14.0. The summed E-state index contributed by atoms with van der Waals surface area (Å²) in [5, 5.41) is 0. The van der Waals surface area contributed by atoms with Gasteiger partial charge in [-0.1, -0.05) is 12.1 Å². The minimum atomic E-state index is 0.0551. The van der Waals surface area contributed by atoms with Crippen molar-refractivity contribution in [3.05, 3.63) is 54.0 Å². The van der Waals surface area contributed by atoms with Crippen molar-refractivity contribution in [2.75, 3.05) is 33.8 Å². The molecule has 1 aromatic carbocycles. The lowest BCUT2D eigenvalue weighted by molar-refractivity contribution is -0.131. The molecule has 0 fully saturated rings. The van der Waals surface area contributed by atoms with E-state index in [4.69, 9.17) is 9.15 Å². The molecule has 1 aromatic heterocycles. The van der Waals surface area contributed by atoms with E-state index in [1.165, 1.54) is 5.56 Å². The van der Waals surface area contributed by atoms with E-state index < -0.39 is 0 Å². The molecule has 1 heterocycles. The molecule has 23 heavy (non-hydrogen) atoms. The smallest absolute Gasteiger partial charge is 0.236 e. The molecule has 0 aliphatic heterocycles. The van der Waals surface area contributed by atoms with Gasteiger partial charge in [0, 0.05) is 13.6 Å². The fourth-order valence-electron chi connectivity index (χ4n) is 2.18. The van der Waals surface area contributed by atoms with Crippen LogP contribution < -0.4 is 4.74 Å². The van der Waals surface area contributed by atoms with E-state index in [9.17, 15) is 4.79 Å². The van der Waals surface area contributed by atoms with Gasteiger partial charge in [-0.25, -0.2) is 0 Å². The van der Waals surface area contributed by atoms with Crippen molar-refractivity contribution in [1.29, 1.82) is 0 Å². The number of benzene rings is 1. The van der Waals surface area contributed by atoms with Crippen molar-refractivity contribution >= 4 is 5.91 Å². The monoisotopic (exact) mass is 316 g/mol. The van der Waals surface area contributed by atoms with Gasteiger partial charge in [0.2, 0.25) is 5.91 Å². The zero-order valence-electron chi connectivity index (χ0n) is 14.0. The molecular weight excluding hydrogens is 292 g/mol. The number of hydrogen-bond acceptors (Lipinski definition) is 4. The molecule has 2 rings (SSSR count). The second-order valence-corrected chi connectivity index (χ2v) is 5.73. The van der Waals surface area contributed by atoms with Gasteiger partial charge >= 0.3 is 0 Å². The average molecular weight is 316 g/mol. The van der Waals surface area contributed by atoms with Crippen LogP contribution in [0.5, 0.6) is 5.75 Å². The summed E-state index contributed by atoms with van der Waals surface area (Å²) in [5.41, 5.74) is 1.17. The summed E-state index contributed by atoms with van der Waals surface area (Å²) in [6.07, 6.45) is 1.61. The Bertz CT molecular complexity index is 610. The maximum absolute atomic E-state index is 12.2. The third kappa shape index (κ3) is 5.79. The number of carbonyl (C=O) groups is 1. The van der Waals surface area contributed by atoms with Crippen molar-refractivity contribution in [1.82, 2.24) is 9.80 Å². The fourth-order valence-corrected chi connectivity index (χ4v) is 2.18. The van der Waals surface area contributed by atoms with E-state index in [-0.39, 0.29) is 5.91 Å². The van der Waals surface area contributed by atoms with Gasteiger partial charge in [0.15, 0.2) is 0 Å². The van der Waals surface area contributed by atoms with Gasteiger partial charge in [-0.05, 0) is 43.8 Å². The molecule has 5 nitrogen and oxygen atoms in total. The molecule has 0 spiro atoms. The summed E-state index contributed by atoms with van der Waals surface area (Å²) in [6, 6.07) is 11.6. The third-order valence-electron chi connectivity index (χ3n) is 3.54. The fraction of sp³-hybridized carbons (Fsp3) is 0.389. The Kier molecular flexibility index (Phi) is 6.23. The first-order valence-corrected chi connectivity index (χ1v) is 7.69. The summed E-state index contributed by atoms with van der Waals surface area (Å²) >= 11 is 0. The highest BCUT2D eigenvalue weighted by Gasteiger charge is 2.13. The van der Waals surface area contributed by atoms with Gasteiger partial charge < -0.3 is 14.1 Å². The van der Waals surface area contributed by atoms with Crippen LogP contribution in [0.2, 0.25) is 0 Å². The zero-order chi connectivity index (χ0) is 16.7. The molecule has 1 amide bonds. The first-order chi connectivity index (χ1) is 11.0. The summed E-state index contributed by atoms with van der Waals surface area (Å²) in [4.78, 5) is 15.8. The molecule has 0 aliphatic carbocycles. The number of rotatable bonds is 8. The van der Waals surface area contributed by atoms with Crippen LogP contribution in [0.4, 0.5) is 0 Å². The summed E-state index contributed by atoms with van der Waals surface area (Å²) in [6.45, 7) is 4.11. The number of hydrogen-bond donors (Lipinski definition) is 0. The molecule has 0 atom stereocenters. The maximum atomic E-state index is 12.2. The highest BCUT2D eigenvalue weighted by molar-refractivity contribution is 5.77. The topological polar surface area (TPSA) is 45.9 Å². The van der Waals surface area contributed by atoms with Crippen LogP contribution in [0.1, 0.15) is 11.3 Å². The first-order valence-electron chi connectivity index (χ1n) is 7.69. The van der Waals surface area contributed by atoms with E-state index in [1.54, 1.807) is 18.2 Å². The largest absolute Gasteiger partial charge is 0.492 e. The lowest BCUT2D eigenvalue weighted by Gasteiger charge is -2.21. The Morgan fingerprint density at radius 2 is 2.04 bits per heavy atom. The predicted molar refractivity (Wildman–Crippen MR) is 89.4 cm³/mol. The molecule has 2 aromatic rings. The number of amides is 1. The lowest BCUT2D eigenvalue weighted by atomic mass is 10.2. The Morgan fingerprint density at radius 1 is 1.22 bits per heavy atom. The van der Waals surface area contributed by atoms with Gasteiger partial charge in [0.05, 0.1) is 19.4 Å². The van der Waals surface area contributed by atoms with E-state index in [0.29, 0.717) is 26.2 Å². The van der Waals surface area contributed by atoms with Crippen LogP contribution in [0.3, 0.4) is 0 Å². The van der Waals surface area contributed by atoms with E-state index in [2.05, 4.69) is 0 Å². The first kappa shape index (κ1) is 17.1. The Balaban J connectivity index is 1.69. The van der Waals surface area contributed by atoms with Crippen LogP contribution in [0.15, 0.2) is 47.1 Å². The van der Waals surface area contributed by atoms with Gasteiger partial charge in [-0.2, -0.15) is 0 Å². The Hall–Kier alpha value is -2.27. The SMILES string of the molecule is Cc1cccc(OCCN(C)CC(=O)N(C)Cc2ccco2)c1. The van der Waals surface area contributed by atoms with E-state index in [1.807, 2.05) is 55.3 Å². The number of likely N-dealkylation sites (N-methyl/N-ethyl adjacent to an activating group) is 2. The highest BCUT2D eigenvalue weighted by Crippen LogP contribution is 2.12. The molecule has 0 aliphatic rings. The van der Waals surface area contributed by atoms with Crippen LogP contribution in [0.25, 0.3) is 0 Å². The lowest BCUT2D eigenvalue weighted by Crippen LogP contribution is -2.37. The quantitative estimate of drug-likeness (QED) is 0.751. The van der Waals surface area contributed by atoms with Crippen molar-refractivity contribution in [2.45, 2.75) is 13.5 Å². The minimum absolute atomic E-state index is 0.0551. The number of ether oxygens (including phenoxy) is 1. The van der Waals surface area contributed by atoms with Gasteiger partial charge in [0.1, 0.15) is 18.1 Å². The molecule has 0 saturated heterocycles. The predicted octanol–water partition coefficient (Wildman–Crippen LogP) is 2.56. The number of carbonyl (C=O) groups excluding carboxylic acids is 1. The van der Waals surface area contributed by atoms with E-state index >= 15 is 0 Å². The molecule has 0 radical (unpaired) electrons. The average Bonchev–Trinajstić information content (AvgIpc) is 3.00. The Morgan fingerprint density at radius 3 is 2.74 bits per heavy atom. The number of nitrogens with zero attached hydrogens (tertiary/aromatic N) is 2. The highest BCUT2D eigenvalue weighted by atomic mass is 16.5. The van der Waals surface area contributed by atoms with Crippen molar-refractivity contribution in [3.63, 3.8) is 0 Å². The molecule has 0 unspecified atom stereocenters. The molecule has 0 saturated carbocycles. The van der Waals surface area contributed by atoms with Gasteiger partial charge in [0.25, 0.3) is 0 Å². The minimum Gasteiger partial charge on any atom is -0.492 e. The van der Waals surface area contributed by atoms with Crippen LogP contribution in [0, 0.1) is 6.92 Å². The van der Waals surface area contributed by atoms with Gasteiger partial charge in [-0.15, -0.1) is 0 Å². The van der Waals surface area contributed by atoms with Crippen molar-refractivity contribution in [3.8, 4) is 5.75 Å². The van der Waals surface area contributed by atoms with Crippen molar-refractivity contribution < 1.29 is 13.9 Å². The molecule has 124 valence electrons.